The Morgan fingerprint density at radius 1 is 1.14 bits per heavy atom. The molecule has 0 N–H and O–H groups in total. The summed E-state index contributed by atoms with van der Waals surface area (Å²) in [5.74, 6) is 2.16. The second-order valence-electron chi connectivity index (χ2n) is 7.90. The summed E-state index contributed by atoms with van der Waals surface area (Å²) in [6.07, 6.45) is 7.29. The first-order chi connectivity index (χ1) is 13.8. The van der Waals surface area contributed by atoms with Crippen LogP contribution >= 0.6 is 0 Å². The lowest BCUT2D eigenvalue weighted by molar-refractivity contribution is -0.384. The number of hydrogen-bond donors (Lipinski definition) is 0. The molecule has 0 saturated carbocycles. The number of hydrogen-bond acceptors (Lipinski definition) is 7. The maximum Gasteiger partial charge on any atom is 0.293 e. The van der Waals surface area contributed by atoms with E-state index in [1.165, 1.54) is 12.5 Å². The highest BCUT2D eigenvalue weighted by Gasteiger charge is 2.31. The predicted octanol–water partition coefficient (Wildman–Crippen LogP) is 2.70. The summed E-state index contributed by atoms with van der Waals surface area (Å²) in [4.78, 5) is 13.1. The summed E-state index contributed by atoms with van der Waals surface area (Å²) >= 11 is 0. The minimum absolute atomic E-state index is 0.0377. The van der Waals surface area contributed by atoms with E-state index in [-0.39, 0.29) is 16.5 Å². The molecule has 10 heteroatoms. The van der Waals surface area contributed by atoms with Gasteiger partial charge in [0.05, 0.1) is 9.82 Å². The first kappa shape index (κ1) is 19.8. The molecule has 1 saturated heterocycles. The van der Waals surface area contributed by atoms with Crippen LogP contribution in [-0.4, -0.2) is 47.5 Å². The van der Waals surface area contributed by atoms with E-state index in [9.17, 15) is 18.5 Å². The van der Waals surface area contributed by atoms with Gasteiger partial charge in [-0.2, -0.15) is 0 Å². The molecule has 4 rings (SSSR count). The van der Waals surface area contributed by atoms with Crippen LogP contribution in [0.4, 0.5) is 11.4 Å². The Hall–Kier alpha value is -2.49. The summed E-state index contributed by atoms with van der Waals surface area (Å²) in [6.45, 7) is 2.23. The highest BCUT2D eigenvalue weighted by atomic mass is 32.2. The van der Waals surface area contributed by atoms with Gasteiger partial charge in [0.25, 0.3) is 5.69 Å². The number of nitrogens with zero attached hydrogens (tertiary/aromatic N) is 5. The Morgan fingerprint density at radius 2 is 1.97 bits per heavy atom. The second kappa shape index (κ2) is 7.74. The molecule has 9 nitrogen and oxygen atoms in total. The van der Waals surface area contributed by atoms with Crippen molar-refractivity contribution in [2.75, 3.05) is 24.2 Å². The molecule has 0 amide bonds. The van der Waals surface area contributed by atoms with Crippen LogP contribution in [-0.2, 0) is 22.8 Å². The van der Waals surface area contributed by atoms with Crippen molar-refractivity contribution in [2.24, 2.45) is 0 Å². The summed E-state index contributed by atoms with van der Waals surface area (Å²) in [5.41, 5.74) is 0.288. The molecular weight excluding hydrogens is 394 g/mol. The Labute approximate surface area is 169 Å². The number of nitro groups is 1. The van der Waals surface area contributed by atoms with Gasteiger partial charge in [-0.1, -0.05) is 6.42 Å². The number of nitro benzene ring substituents is 1. The maximum absolute atomic E-state index is 11.8. The van der Waals surface area contributed by atoms with Crippen molar-refractivity contribution in [3.05, 3.63) is 40.0 Å². The molecule has 0 spiro atoms. The molecule has 1 atom stereocenters. The van der Waals surface area contributed by atoms with Gasteiger partial charge in [0, 0.05) is 44.3 Å². The molecule has 0 aliphatic carbocycles. The second-order valence-corrected chi connectivity index (χ2v) is 9.92. The van der Waals surface area contributed by atoms with E-state index in [0.717, 1.165) is 62.6 Å². The minimum atomic E-state index is -3.51. The molecule has 156 valence electrons. The van der Waals surface area contributed by atoms with Gasteiger partial charge in [-0.25, -0.2) is 8.42 Å². The smallest absolute Gasteiger partial charge is 0.293 e. The van der Waals surface area contributed by atoms with Gasteiger partial charge >= 0.3 is 0 Å². The Balaban J connectivity index is 1.64. The minimum Gasteiger partial charge on any atom is -0.365 e. The fraction of sp³-hybridized carbons (Fsp3) is 0.579. The fourth-order valence-corrected chi connectivity index (χ4v) is 5.00. The Bertz CT molecular complexity index is 1030. The number of sulfone groups is 1. The van der Waals surface area contributed by atoms with Crippen molar-refractivity contribution in [3.63, 3.8) is 0 Å². The first-order valence-electron chi connectivity index (χ1n) is 10.00. The van der Waals surface area contributed by atoms with E-state index in [0.29, 0.717) is 18.8 Å². The normalized spacial score (nSPS) is 20.2. The summed E-state index contributed by atoms with van der Waals surface area (Å²) in [6, 6.07) is 4.17. The van der Waals surface area contributed by atoms with Gasteiger partial charge in [0.15, 0.2) is 9.84 Å². The third-order valence-electron chi connectivity index (χ3n) is 5.84. The van der Waals surface area contributed by atoms with Crippen LogP contribution in [0.5, 0.6) is 0 Å². The lowest BCUT2D eigenvalue weighted by Crippen LogP contribution is -2.36. The number of aromatic nitrogens is 3. The Morgan fingerprint density at radius 3 is 2.72 bits per heavy atom. The van der Waals surface area contributed by atoms with E-state index < -0.39 is 14.8 Å². The van der Waals surface area contributed by atoms with E-state index in [1.54, 1.807) is 6.07 Å². The molecule has 0 radical (unpaired) electrons. The van der Waals surface area contributed by atoms with Gasteiger partial charge in [-0.3, -0.25) is 10.1 Å². The average Bonchev–Trinajstić information content (AvgIpc) is 2.95. The maximum atomic E-state index is 11.8. The largest absolute Gasteiger partial charge is 0.365 e. The van der Waals surface area contributed by atoms with Crippen LogP contribution in [0.3, 0.4) is 0 Å². The highest BCUT2D eigenvalue weighted by molar-refractivity contribution is 7.90. The van der Waals surface area contributed by atoms with Crippen molar-refractivity contribution < 1.29 is 13.3 Å². The number of rotatable bonds is 4. The summed E-state index contributed by atoms with van der Waals surface area (Å²) in [5, 5.41) is 20.5. The van der Waals surface area contributed by atoms with E-state index in [2.05, 4.69) is 14.8 Å². The van der Waals surface area contributed by atoms with Crippen molar-refractivity contribution in [1.29, 1.82) is 0 Å². The third kappa shape index (κ3) is 3.98. The first-order valence-corrected chi connectivity index (χ1v) is 11.9. The van der Waals surface area contributed by atoms with Crippen molar-refractivity contribution in [2.45, 2.75) is 55.9 Å². The number of aryl methyl sites for hydroxylation is 1. The molecule has 1 fully saturated rings. The molecule has 29 heavy (non-hydrogen) atoms. The van der Waals surface area contributed by atoms with Crippen LogP contribution in [0.15, 0.2) is 23.1 Å². The lowest BCUT2D eigenvalue weighted by Gasteiger charge is -2.33. The molecular formula is C19H25N5O4S. The van der Waals surface area contributed by atoms with Crippen LogP contribution in [0.25, 0.3) is 0 Å². The molecule has 2 aromatic rings. The molecule has 0 bridgehead atoms. The van der Waals surface area contributed by atoms with Gasteiger partial charge in [0.1, 0.15) is 17.3 Å². The van der Waals surface area contributed by atoms with Crippen LogP contribution in [0.1, 0.15) is 49.7 Å². The average molecular weight is 420 g/mol. The molecule has 1 aromatic heterocycles. The summed E-state index contributed by atoms with van der Waals surface area (Å²) < 4.78 is 25.9. The van der Waals surface area contributed by atoms with Crippen molar-refractivity contribution in [1.82, 2.24) is 14.8 Å². The van der Waals surface area contributed by atoms with E-state index in [1.807, 2.05) is 4.90 Å². The van der Waals surface area contributed by atoms with Gasteiger partial charge in [-0.05, 0) is 37.8 Å². The number of fused-ring (bicyclic) bond motifs is 1. The van der Waals surface area contributed by atoms with Crippen LogP contribution in [0, 0.1) is 10.1 Å². The molecule has 3 heterocycles. The quantitative estimate of drug-likeness (QED) is 0.553. The number of piperidine rings is 1. The molecule has 2 aliphatic heterocycles. The summed E-state index contributed by atoms with van der Waals surface area (Å²) in [7, 11) is -3.51. The fourth-order valence-electron chi connectivity index (χ4n) is 4.36. The molecule has 1 unspecified atom stereocenters. The molecule has 1 aromatic carbocycles. The zero-order valence-electron chi connectivity index (χ0n) is 16.5. The zero-order chi connectivity index (χ0) is 20.6. The lowest BCUT2D eigenvalue weighted by atomic mass is 9.96. The monoisotopic (exact) mass is 419 g/mol. The SMILES string of the molecule is CS(=O)(=O)c1ccc(N2CCCC(c3nnc4n3CCCCC4)C2)c([N+](=O)[O-])c1. The van der Waals surface area contributed by atoms with Gasteiger partial charge in [0.2, 0.25) is 0 Å². The zero-order valence-corrected chi connectivity index (χ0v) is 17.3. The van der Waals surface area contributed by atoms with E-state index >= 15 is 0 Å². The predicted molar refractivity (Wildman–Crippen MR) is 108 cm³/mol. The van der Waals surface area contributed by atoms with Crippen LogP contribution < -0.4 is 4.90 Å². The van der Waals surface area contributed by atoms with Gasteiger partial charge < -0.3 is 9.47 Å². The van der Waals surface area contributed by atoms with Crippen molar-refractivity contribution >= 4 is 21.2 Å². The Kier molecular flexibility index (Phi) is 5.28. The third-order valence-corrected chi connectivity index (χ3v) is 6.95. The van der Waals surface area contributed by atoms with Crippen molar-refractivity contribution in [3.8, 4) is 0 Å². The van der Waals surface area contributed by atoms with Gasteiger partial charge in [-0.15, -0.1) is 10.2 Å². The highest BCUT2D eigenvalue weighted by Crippen LogP contribution is 2.36. The van der Waals surface area contributed by atoms with E-state index in [4.69, 9.17) is 0 Å². The number of anilines is 1. The standard InChI is InChI=1S/C19H25N5O4S/c1-29(27,28)15-8-9-16(17(12-15)24(25)26)22-10-5-6-14(13-22)19-21-20-18-7-3-2-4-11-23(18)19/h8-9,12,14H,2-7,10-11,13H2,1H3. The molecule has 2 aliphatic rings. The van der Waals surface area contributed by atoms with Crippen LogP contribution in [0.2, 0.25) is 0 Å². The number of benzene rings is 1. The topological polar surface area (TPSA) is 111 Å².